The highest BCUT2D eigenvalue weighted by molar-refractivity contribution is 7.80. The fourth-order valence-electron chi connectivity index (χ4n) is 1.49. The van der Waals surface area contributed by atoms with E-state index < -0.39 is 5.92 Å². The molecule has 0 aliphatic carbocycles. The molecule has 7 heteroatoms. The summed E-state index contributed by atoms with van der Waals surface area (Å²) in [5, 5.41) is 4.23. The Labute approximate surface area is 109 Å². The summed E-state index contributed by atoms with van der Waals surface area (Å²) in [6.45, 7) is 1.07. The van der Waals surface area contributed by atoms with Gasteiger partial charge in [0.25, 0.3) is 5.92 Å². The lowest BCUT2D eigenvalue weighted by Crippen LogP contribution is -2.60. The molecule has 1 aromatic heterocycles. The molecule has 2 heterocycles. The van der Waals surface area contributed by atoms with Crippen LogP contribution in [0.1, 0.15) is 12.6 Å². The van der Waals surface area contributed by atoms with Crippen molar-refractivity contribution >= 4 is 23.0 Å². The van der Waals surface area contributed by atoms with E-state index in [1.165, 1.54) is 4.90 Å². The van der Waals surface area contributed by atoms with Crippen molar-refractivity contribution < 1.29 is 8.78 Å². The molecule has 1 aliphatic heterocycles. The first kappa shape index (κ1) is 12.8. The molecule has 1 aliphatic rings. The van der Waals surface area contributed by atoms with E-state index in [-0.39, 0.29) is 18.2 Å². The van der Waals surface area contributed by atoms with E-state index >= 15 is 0 Å². The van der Waals surface area contributed by atoms with Gasteiger partial charge in [-0.15, -0.1) is 0 Å². The van der Waals surface area contributed by atoms with Crippen molar-refractivity contribution in [3.05, 3.63) is 30.1 Å². The highest BCUT2D eigenvalue weighted by Crippen LogP contribution is 2.26. The fourth-order valence-corrected chi connectivity index (χ4v) is 1.67. The summed E-state index contributed by atoms with van der Waals surface area (Å²) < 4.78 is 25.3. The first-order chi connectivity index (χ1) is 8.48. The van der Waals surface area contributed by atoms with Crippen LogP contribution in [0.3, 0.4) is 0 Å². The average Bonchev–Trinajstić information content (AvgIpc) is 2.33. The van der Waals surface area contributed by atoms with Gasteiger partial charge < -0.3 is 4.90 Å². The minimum atomic E-state index is -2.63. The lowest BCUT2D eigenvalue weighted by molar-refractivity contribution is -0.101. The van der Waals surface area contributed by atoms with Gasteiger partial charge in [0.05, 0.1) is 24.5 Å². The topological polar surface area (TPSA) is 40.5 Å². The maximum Gasteiger partial charge on any atom is 0.282 e. The lowest BCUT2D eigenvalue weighted by Gasteiger charge is -2.39. The molecule has 2 rings (SSSR count). The Balaban J connectivity index is 1.90. The van der Waals surface area contributed by atoms with E-state index in [0.29, 0.717) is 11.4 Å². The zero-order chi connectivity index (χ0) is 13.2. The van der Waals surface area contributed by atoms with Gasteiger partial charge in [-0.05, 0) is 31.3 Å². The molecular formula is C11H12F2N4S. The Bertz CT molecular complexity index is 467. The highest BCUT2D eigenvalue weighted by Gasteiger charge is 2.45. The summed E-state index contributed by atoms with van der Waals surface area (Å²) in [7, 11) is 0. The predicted molar refractivity (Wildman–Crippen MR) is 68.7 cm³/mol. The number of nitrogens with one attached hydrogen (secondary N) is 1. The maximum absolute atomic E-state index is 12.6. The summed E-state index contributed by atoms with van der Waals surface area (Å²) in [6, 6.07) is 5.45. The third-order valence-corrected chi connectivity index (χ3v) is 2.84. The summed E-state index contributed by atoms with van der Waals surface area (Å²) in [5.74, 6) is -2.63. The van der Waals surface area contributed by atoms with Crippen molar-refractivity contribution in [2.75, 3.05) is 13.1 Å². The minimum Gasteiger partial charge on any atom is -0.336 e. The minimum absolute atomic E-state index is 0.205. The number of pyridine rings is 1. The maximum atomic E-state index is 12.6. The number of hydrogen-bond donors (Lipinski definition) is 1. The standard InChI is InChI=1S/C11H12F2N4S/c1-8(9-4-2-3-5-14-9)15-16-10(18)17-6-11(12,13)7-17/h2-5H,6-7H2,1H3,(H,16,18)/b15-8+. The van der Waals surface area contributed by atoms with Crippen LogP contribution < -0.4 is 5.43 Å². The molecule has 96 valence electrons. The molecule has 0 spiro atoms. The number of alkyl halides is 2. The Morgan fingerprint density at radius 1 is 1.50 bits per heavy atom. The van der Waals surface area contributed by atoms with E-state index in [1.807, 2.05) is 6.07 Å². The van der Waals surface area contributed by atoms with Gasteiger partial charge in [-0.2, -0.15) is 5.10 Å². The van der Waals surface area contributed by atoms with Gasteiger partial charge in [-0.3, -0.25) is 10.4 Å². The molecule has 0 bridgehead atoms. The van der Waals surface area contributed by atoms with Gasteiger partial charge in [0.15, 0.2) is 5.11 Å². The van der Waals surface area contributed by atoms with Crippen molar-refractivity contribution in [2.24, 2.45) is 5.10 Å². The SMILES string of the molecule is C/C(=N\NC(=S)N1CC(F)(F)C1)c1ccccn1. The molecule has 0 aromatic carbocycles. The Kier molecular flexibility index (Phi) is 3.51. The van der Waals surface area contributed by atoms with Gasteiger partial charge in [0, 0.05) is 6.20 Å². The molecule has 1 fully saturated rings. The van der Waals surface area contributed by atoms with Crippen LogP contribution in [-0.4, -0.2) is 39.7 Å². The molecule has 1 saturated heterocycles. The average molecular weight is 270 g/mol. The molecule has 0 amide bonds. The molecular weight excluding hydrogens is 258 g/mol. The van der Waals surface area contributed by atoms with Gasteiger partial charge in [-0.1, -0.05) is 6.07 Å². The third kappa shape index (κ3) is 2.98. The second-order valence-electron chi connectivity index (χ2n) is 4.04. The summed E-state index contributed by atoms with van der Waals surface area (Å²) in [5.41, 5.74) is 3.95. The number of likely N-dealkylation sites (tertiary alicyclic amines) is 1. The monoisotopic (exact) mass is 270 g/mol. The van der Waals surface area contributed by atoms with E-state index in [0.717, 1.165) is 0 Å². The number of hydrazone groups is 1. The first-order valence-electron chi connectivity index (χ1n) is 5.36. The summed E-state index contributed by atoms with van der Waals surface area (Å²) in [6.07, 6.45) is 1.66. The van der Waals surface area contributed by atoms with Crippen LogP contribution in [0.15, 0.2) is 29.5 Å². The number of rotatable bonds is 2. The number of aromatic nitrogens is 1. The smallest absolute Gasteiger partial charge is 0.282 e. The Hall–Kier alpha value is -1.63. The highest BCUT2D eigenvalue weighted by atomic mass is 32.1. The van der Waals surface area contributed by atoms with E-state index in [9.17, 15) is 8.78 Å². The number of thiocarbonyl (C=S) groups is 1. The van der Waals surface area contributed by atoms with Gasteiger partial charge in [0.2, 0.25) is 0 Å². The van der Waals surface area contributed by atoms with Crippen molar-refractivity contribution in [3.63, 3.8) is 0 Å². The van der Waals surface area contributed by atoms with Crippen LogP contribution in [-0.2, 0) is 0 Å². The second-order valence-corrected chi connectivity index (χ2v) is 4.43. The van der Waals surface area contributed by atoms with Gasteiger partial charge in [0.1, 0.15) is 0 Å². The Morgan fingerprint density at radius 3 is 2.78 bits per heavy atom. The molecule has 4 nitrogen and oxygen atoms in total. The van der Waals surface area contributed by atoms with Gasteiger partial charge in [-0.25, -0.2) is 8.78 Å². The van der Waals surface area contributed by atoms with Crippen LogP contribution in [0.4, 0.5) is 8.78 Å². The van der Waals surface area contributed by atoms with Crippen molar-refractivity contribution in [3.8, 4) is 0 Å². The quantitative estimate of drug-likeness (QED) is 0.504. The molecule has 0 unspecified atom stereocenters. The number of halogens is 2. The van der Waals surface area contributed by atoms with Gasteiger partial charge >= 0.3 is 0 Å². The summed E-state index contributed by atoms with van der Waals surface area (Å²) >= 11 is 4.95. The molecule has 0 atom stereocenters. The third-order valence-electron chi connectivity index (χ3n) is 2.49. The lowest BCUT2D eigenvalue weighted by atomic mass is 10.2. The van der Waals surface area contributed by atoms with Crippen molar-refractivity contribution in [2.45, 2.75) is 12.8 Å². The molecule has 1 N–H and O–H groups in total. The zero-order valence-corrected chi connectivity index (χ0v) is 10.5. The largest absolute Gasteiger partial charge is 0.336 e. The van der Waals surface area contributed by atoms with Crippen LogP contribution in [0, 0.1) is 0 Å². The van der Waals surface area contributed by atoms with E-state index in [4.69, 9.17) is 12.2 Å². The predicted octanol–water partition coefficient (Wildman–Crippen LogP) is 1.63. The number of hydrogen-bond acceptors (Lipinski definition) is 3. The molecule has 18 heavy (non-hydrogen) atoms. The van der Waals surface area contributed by atoms with Crippen molar-refractivity contribution in [1.82, 2.24) is 15.3 Å². The second kappa shape index (κ2) is 4.93. The van der Waals surface area contributed by atoms with Crippen LogP contribution in [0.2, 0.25) is 0 Å². The van der Waals surface area contributed by atoms with Crippen LogP contribution in [0.5, 0.6) is 0 Å². The normalized spacial score (nSPS) is 18.2. The first-order valence-corrected chi connectivity index (χ1v) is 5.77. The Morgan fingerprint density at radius 2 is 2.22 bits per heavy atom. The molecule has 1 aromatic rings. The van der Waals surface area contributed by atoms with E-state index in [2.05, 4.69) is 15.5 Å². The molecule has 0 saturated carbocycles. The fraction of sp³-hybridized carbons (Fsp3) is 0.364. The summed E-state index contributed by atoms with van der Waals surface area (Å²) in [4.78, 5) is 5.48. The number of nitrogens with zero attached hydrogens (tertiary/aromatic N) is 3. The van der Waals surface area contributed by atoms with Crippen LogP contribution in [0.25, 0.3) is 0 Å². The van der Waals surface area contributed by atoms with E-state index in [1.54, 1.807) is 25.3 Å². The van der Waals surface area contributed by atoms with Crippen molar-refractivity contribution in [1.29, 1.82) is 0 Å². The molecule has 0 radical (unpaired) electrons. The van der Waals surface area contributed by atoms with Crippen LogP contribution >= 0.6 is 12.2 Å². The zero-order valence-electron chi connectivity index (χ0n) is 9.73.